The van der Waals surface area contributed by atoms with Gasteiger partial charge in [0.1, 0.15) is 0 Å². The molecule has 0 spiro atoms. The molecule has 0 aliphatic carbocycles. The quantitative estimate of drug-likeness (QED) is 0.794. The lowest BCUT2D eigenvalue weighted by molar-refractivity contribution is -0.130. The van der Waals surface area contributed by atoms with Gasteiger partial charge in [-0.15, -0.1) is 0 Å². The summed E-state index contributed by atoms with van der Waals surface area (Å²) in [5.74, 6) is -1.68. The van der Waals surface area contributed by atoms with Gasteiger partial charge in [-0.05, 0) is 24.1 Å². The summed E-state index contributed by atoms with van der Waals surface area (Å²) in [7, 11) is 3.70. The van der Waals surface area contributed by atoms with Crippen LogP contribution in [-0.2, 0) is 9.53 Å². The Bertz CT molecular complexity index is 570. The van der Waals surface area contributed by atoms with Crippen LogP contribution in [0, 0.1) is 5.92 Å². The van der Waals surface area contributed by atoms with Gasteiger partial charge in [-0.3, -0.25) is 10.1 Å². The Morgan fingerprint density at radius 2 is 1.86 bits per heavy atom. The second-order valence-electron chi connectivity index (χ2n) is 5.37. The zero-order valence-corrected chi connectivity index (χ0v) is 13.1. The lowest BCUT2D eigenvalue weighted by Crippen LogP contribution is -2.45. The highest BCUT2D eigenvalue weighted by molar-refractivity contribution is 5.98. The predicted molar refractivity (Wildman–Crippen MR) is 82.5 cm³/mol. The highest BCUT2D eigenvalue weighted by Gasteiger charge is 2.28. The van der Waals surface area contributed by atoms with E-state index < -0.39 is 24.0 Å². The number of ether oxygens (including phenoxy) is 1. The van der Waals surface area contributed by atoms with Crippen LogP contribution in [0.5, 0.6) is 0 Å². The first-order valence-electron chi connectivity index (χ1n) is 6.81. The maximum atomic E-state index is 12.2. The molecule has 0 fully saturated rings. The van der Waals surface area contributed by atoms with Crippen LogP contribution in [0.3, 0.4) is 0 Å². The first kappa shape index (κ1) is 17.5. The molecule has 0 aromatic heterocycles. The lowest BCUT2D eigenvalue weighted by Gasteiger charge is -2.20. The van der Waals surface area contributed by atoms with E-state index in [-0.39, 0.29) is 5.92 Å². The number of imide groups is 1. The maximum absolute atomic E-state index is 12.2. The molecule has 0 unspecified atom stereocenters. The largest absolute Gasteiger partial charge is 0.448 e. The van der Waals surface area contributed by atoms with Crippen molar-refractivity contribution in [1.29, 1.82) is 0 Å². The molecule has 22 heavy (non-hydrogen) atoms. The van der Waals surface area contributed by atoms with Gasteiger partial charge in [0.05, 0.1) is 5.56 Å². The molecular formula is C15H21N3O4. The van der Waals surface area contributed by atoms with E-state index >= 15 is 0 Å². The first-order chi connectivity index (χ1) is 10.2. The van der Waals surface area contributed by atoms with Crippen molar-refractivity contribution >= 4 is 23.6 Å². The van der Waals surface area contributed by atoms with Crippen molar-refractivity contribution in [2.45, 2.75) is 20.0 Å². The summed E-state index contributed by atoms with van der Waals surface area (Å²) in [6, 6.07) is 5.84. The Morgan fingerprint density at radius 1 is 1.23 bits per heavy atom. The molecule has 1 aromatic rings. The van der Waals surface area contributed by atoms with Gasteiger partial charge < -0.3 is 15.4 Å². The van der Waals surface area contributed by atoms with Crippen LogP contribution in [0.25, 0.3) is 0 Å². The lowest BCUT2D eigenvalue weighted by atomic mass is 10.1. The molecule has 0 bridgehead atoms. The number of rotatable bonds is 5. The Morgan fingerprint density at radius 3 is 2.36 bits per heavy atom. The molecule has 1 atom stereocenters. The molecule has 0 saturated heterocycles. The minimum atomic E-state index is -1.09. The van der Waals surface area contributed by atoms with Crippen LogP contribution in [0.1, 0.15) is 24.2 Å². The summed E-state index contributed by atoms with van der Waals surface area (Å²) in [6.07, 6.45) is -1.09. The van der Waals surface area contributed by atoms with Gasteiger partial charge in [-0.2, -0.15) is 0 Å². The molecule has 7 nitrogen and oxygen atoms in total. The molecule has 1 aromatic carbocycles. The smallest absolute Gasteiger partial charge is 0.338 e. The average molecular weight is 307 g/mol. The van der Waals surface area contributed by atoms with Crippen molar-refractivity contribution in [1.82, 2.24) is 5.32 Å². The van der Waals surface area contributed by atoms with Gasteiger partial charge in [-0.25, -0.2) is 9.59 Å². The highest BCUT2D eigenvalue weighted by atomic mass is 16.5. The number of anilines is 1. The Hall–Kier alpha value is -2.57. The van der Waals surface area contributed by atoms with Crippen LogP contribution >= 0.6 is 0 Å². The summed E-state index contributed by atoms with van der Waals surface area (Å²) in [5.41, 5.74) is 6.06. The fourth-order valence-electron chi connectivity index (χ4n) is 1.78. The SMILES string of the molecule is CC(C)[C@@H](OC(=O)c1cccc(N(C)C)c1)C(=O)NC(N)=O. The minimum Gasteiger partial charge on any atom is -0.448 e. The third-order valence-electron chi connectivity index (χ3n) is 2.94. The molecule has 0 heterocycles. The number of carbonyl (C=O) groups is 3. The van der Waals surface area contributed by atoms with Crippen molar-refractivity contribution in [3.63, 3.8) is 0 Å². The second-order valence-corrected chi connectivity index (χ2v) is 5.37. The molecule has 0 aliphatic heterocycles. The number of benzene rings is 1. The van der Waals surface area contributed by atoms with Crippen LogP contribution in [0.15, 0.2) is 24.3 Å². The fraction of sp³-hybridized carbons (Fsp3) is 0.400. The summed E-state index contributed by atoms with van der Waals surface area (Å²) in [5, 5.41) is 1.93. The van der Waals surface area contributed by atoms with E-state index in [0.717, 1.165) is 5.69 Å². The van der Waals surface area contributed by atoms with Crippen LogP contribution in [-0.4, -0.2) is 38.1 Å². The van der Waals surface area contributed by atoms with Crippen molar-refractivity contribution in [2.24, 2.45) is 11.7 Å². The van der Waals surface area contributed by atoms with Crippen LogP contribution in [0.2, 0.25) is 0 Å². The summed E-state index contributed by atoms with van der Waals surface area (Å²) < 4.78 is 5.22. The zero-order chi connectivity index (χ0) is 16.9. The van der Waals surface area contributed by atoms with E-state index in [1.165, 1.54) is 0 Å². The number of carbonyl (C=O) groups excluding carboxylic acids is 3. The van der Waals surface area contributed by atoms with Gasteiger partial charge in [0.15, 0.2) is 6.10 Å². The molecular weight excluding hydrogens is 286 g/mol. The topological polar surface area (TPSA) is 102 Å². The highest BCUT2D eigenvalue weighted by Crippen LogP contribution is 2.16. The van der Waals surface area contributed by atoms with Gasteiger partial charge in [0, 0.05) is 19.8 Å². The first-order valence-corrected chi connectivity index (χ1v) is 6.81. The van der Waals surface area contributed by atoms with Crippen LogP contribution < -0.4 is 16.0 Å². The fourth-order valence-corrected chi connectivity index (χ4v) is 1.78. The van der Waals surface area contributed by atoms with E-state index in [2.05, 4.69) is 0 Å². The summed E-state index contributed by atoms with van der Waals surface area (Å²) in [6.45, 7) is 3.41. The Kier molecular flexibility index (Phi) is 5.91. The third kappa shape index (κ3) is 4.76. The van der Waals surface area contributed by atoms with Crippen molar-refractivity contribution in [3.05, 3.63) is 29.8 Å². The van der Waals surface area contributed by atoms with Gasteiger partial charge in [0.25, 0.3) is 5.91 Å². The van der Waals surface area contributed by atoms with Crippen molar-refractivity contribution < 1.29 is 19.1 Å². The Labute approximate surface area is 129 Å². The molecule has 1 rings (SSSR count). The molecule has 0 radical (unpaired) electrons. The van der Waals surface area contributed by atoms with E-state index in [4.69, 9.17) is 10.5 Å². The number of nitrogens with one attached hydrogen (secondary N) is 1. The standard InChI is InChI=1S/C15H21N3O4/c1-9(2)12(13(19)17-15(16)21)22-14(20)10-6-5-7-11(8-10)18(3)4/h5-9,12H,1-4H3,(H3,16,17,19,21)/t12-/m1/s1. The number of urea groups is 1. The summed E-state index contributed by atoms with van der Waals surface area (Å²) in [4.78, 5) is 36.6. The zero-order valence-electron chi connectivity index (χ0n) is 13.1. The number of hydrogen-bond acceptors (Lipinski definition) is 5. The van der Waals surface area contributed by atoms with Gasteiger partial charge in [0.2, 0.25) is 0 Å². The predicted octanol–water partition coefficient (Wildman–Crippen LogP) is 1.13. The average Bonchev–Trinajstić information content (AvgIpc) is 2.43. The maximum Gasteiger partial charge on any atom is 0.338 e. The summed E-state index contributed by atoms with van der Waals surface area (Å²) >= 11 is 0. The van der Waals surface area contributed by atoms with Gasteiger partial charge >= 0.3 is 12.0 Å². The number of hydrogen-bond donors (Lipinski definition) is 2. The van der Waals surface area contributed by atoms with E-state index in [0.29, 0.717) is 5.56 Å². The van der Waals surface area contributed by atoms with Gasteiger partial charge in [-0.1, -0.05) is 19.9 Å². The normalized spacial score (nSPS) is 11.7. The third-order valence-corrected chi connectivity index (χ3v) is 2.94. The number of esters is 1. The second kappa shape index (κ2) is 7.44. The van der Waals surface area contributed by atoms with E-state index in [1.807, 2.05) is 30.4 Å². The number of nitrogens with two attached hydrogens (primary N) is 1. The van der Waals surface area contributed by atoms with E-state index in [1.54, 1.807) is 32.0 Å². The molecule has 0 saturated carbocycles. The number of primary amides is 1. The molecule has 3 N–H and O–H groups in total. The van der Waals surface area contributed by atoms with E-state index in [9.17, 15) is 14.4 Å². The molecule has 7 heteroatoms. The van der Waals surface area contributed by atoms with Crippen LogP contribution in [0.4, 0.5) is 10.5 Å². The molecule has 120 valence electrons. The van der Waals surface area contributed by atoms with Crippen molar-refractivity contribution in [3.8, 4) is 0 Å². The molecule has 3 amide bonds. The molecule has 0 aliphatic rings. The number of nitrogens with zero attached hydrogens (tertiary/aromatic N) is 1. The number of amides is 3. The van der Waals surface area contributed by atoms with Crippen molar-refractivity contribution in [2.75, 3.05) is 19.0 Å². The minimum absolute atomic E-state index is 0.305. The Balaban J connectivity index is 2.90. The monoisotopic (exact) mass is 307 g/mol.